The molecule has 0 radical (unpaired) electrons. The molecule has 6 aromatic carbocycles. The summed E-state index contributed by atoms with van der Waals surface area (Å²) in [5.74, 6) is 0. The Bertz CT molecular complexity index is 1700. The summed E-state index contributed by atoms with van der Waals surface area (Å²) in [7, 11) is 0. The van der Waals surface area contributed by atoms with E-state index < -0.39 is 0 Å². The summed E-state index contributed by atoms with van der Waals surface area (Å²) >= 11 is 0. The molecule has 0 amide bonds. The summed E-state index contributed by atoms with van der Waals surface area (Å²) < 4.78 is 0. The van der Waals surface area contributed by atoms with Crippen LogP contribution in [0.4, 0.5) is 0 Å². The van der Waals surface area contributed by atoms with Crippen LogP contribution in [0.15, 0.2) is 103 Å². The number of hydrogen-bond donors (Lipinski definition) is 0. The van der Waals surface area contributed by atoms with Gasteiger partial charge in [0.15, 0.2) is 0 Å². The average molecular weight is 417 g/mol. The van der Waals surface area contributed by atoms with Gasteiger partial charge in [0.25, 0.3) is 0 Å². The van der Waals surface area contributed by atoms with Gasteiger partial charge in [-0.15, -0.1) is 0 Å². The largest absolute Gasteiger partial charge is 0.0648 e. The minimum atomic E-state index is -0.227. The van der Waals surface area contributed by atoms with Crippen LogP contribution in [0, 0.1) is 6.92 Å². The fraction of sp³-hybridized carbons (Fsp3) is 0.0909. The molecule has 33 heavy (non-hydrogen) atoms. The zero-order valence-electron chi connectivity index (χ0n) is 18.3. The molecule has 0 spiro atoms. The van der Waals surface area contributed by atoms with Gasteiger partial charge in [0.1, 0.15) is 0 Å². The summed E-state index contributed by atoms with van der Waals surface area (Å²) in [6.07, 6.45) is 0. The lowest BCUT2D eigenvalue weighted by Gasteiger charge is -2.40. The van der Waals surface area contributed by atoms with Crippen LogP contribution < -0.4 is 0 Å². The van der Waals surface area contributed by atoms with Crippen molar-refractivity contribution in [1.82, 2.24) is 0 Å². The summed E-state index contributed by atoms with van der Waals surface area (Å²) in [4.78, 5) is 0. The highest BCUT2D eigenvalue weighted by Gasteiger charge is 2.69. The van der Waals surface area contributed by atoms with E-state index in [0.717, 1.165) is 0 Å². The van der Waals surface area contributed by atoms with Crippen LogP contribution in [-0.4, -0.2) is 0 Å². The highest BCUT2D eigenvalue weighted by molar-refractivity contribution is 6.13. The van der Waals surface area contributed by atoms with E-state index in [0.29, 0.717) is 0 Å². The first-order chi connectivity index (χ1) is 16.3. The molecule has 0 heterocycles. The predicted octanol–water partition coefficient (Wildman–Crippen LogP) is 7.76. The van der Waals surface area contributed by atoms with Crippen molar-refractivity contribution in [2.75, 3.05) is 0 Å². The van der Waals surface area contributed by atoms with Crippen LogP contribution in [0.1, 0.15) is 38.9 Å². The standard InChI is InChI=1S/C33H20/c1-19-17-18-28-31-22(19)11-6-16-27(31)32-23-12-2-7-20-9-4-14-25(29(20)23)33(28,32)26-15-5-10-21-8-3-13-24(32)30(21)26/h2-18H,1H3. The Kier molecular flexibility index (Phi) is 2.54. The third kappa shape index (κ3) is 1.42. The Morgan fingerprint density at radius 3 is 1.27 bits per heavy atom. The topological polar surface area (TPSA) is 0 Å². The summed E-state index contributed by atoms with van der Waals surface area (Å²) in [5.41, 5.74) is 9.75. The lowest BCUT2D eigenvalue weighted by Crippen LogP contribution is -2.42. The molecule has 0 atom stereocenters. The van der Waals surface area contributed by atoms with Gasteiger partial charge in [-0.3, -0.25) is 0 Å². The van der Waals surface area contributed by atoms with Crippen LogP contribution in [0.25, 0.3) is 32.3 Å². The van der Waals surface area contributed by atoms with Gasteiger partial charge < -0.3 is 0 Å². The maximum atomic E-state index is 2.44. The summed E-state index contributed by atoms with van der Waals surface area (Å²) in [6, 6.07) is 39.7. The Hall–Kier alpha value is -3.90. The van der Waals surface area contributed by atoms with E-state index in [-0.39, 0.29) is 10.8 Å². The van der Waals surface area contributed by atoms with Gasteiger partial charge in [0.2, 0.25) is 0 Å². The molecule has 152 valence electrons. The van der Waals surface area contributed by atoms with Gasteiger partial charge in [-0.1, -0.05) is 103 Å². The van der Waals surface area contributed by atoms with E-state index in [1.807, 2.05) is 0 Å². The average Bonchev–Trinajstić information content (AvgIpc) is 3.39. The molecule has 3 aliphatic rings. The van der Waals surface area contributed by atoms with E-state index in [9.17, 15) is 0 Å². The van der Waals surface area contributed by atoms with E-state index in [4.69, 9.17) is 0 Å². The van der Waals surface area contributed by atoms with Crippen molar-refractivity contribution < 1.29 is 0 Å². The van der Waals surface area contributed by atoms with Gasteiger partial charge in [-0.2, -0.15) is 0 Å². The second kappa shape index (κ2) is 5.02. The van der Waals surface area contributed by atoms with Crippen LogP contribution >= 0.6 is 0 Å². The first kappa shape index (κ1) is 16.7. The fourth-order valence-corrected chi connectivity index (χ4v) is 8.19. The Balaban J connectivity index is 1.68. The van der Waals surface area contributed by atoms with Gasteiger partial charge in [0.05, 0.1) is 10.8 Å². The molecule has 0 saturated heterocycles. The Morgan fingerprint density at radius 1 is 0.394 bits per heavy atom. The van der Waals surface area contributed by atoms with Gasteiger partial charge in [0, 0.05) is 0 Å². The first-order valence-electron chi connectivity index (χ1n) is 11.9. The molecule has 0 nitrogen and oxygen atoms in total. The van der Waals surface area contributed by atoms with Crippen molar-refractivity contribution in [1.29, 1.82) is 0 Å². The number of rotatable bonds is 0. The smallest absolute Gasteiger partial charge is 0.0613 e. The third-order valence-corrected chi connectivity index (χ3v) is 9.05. The normalized spacial score (nSPS) is 22.9. The number of hydrogen-bond acceptors (Lipinski definition) is 0. The van der Waals surface area contributed by atoms with Crippen LogP contribution in [0.5, 0.6) is 0 Å². The zero-order chi connectivity index (χ0) is 21.5. The predicted molar refractivity (Wildman–Crippen MR) is 136 cm³/mol. The molecule has 0 heteroatoms. The third-order valence-electron chi connectivity index (χ3n) is 9.05. The molecule has 9 rings (SSSR count). The minimum Gasteiger partial charge on any atom is -0.0613 e. The summed E-state index contributed by atoms with van der Waals surface area (Å²) in [6.45, 7) is 2.26. The van der Waals surface area contributed by atoms with Crippen molar-refractivity contribution in [3.8, 4) is 0 Å². The van der Waals surface area contributed by atoms with Crippen LogP contribution in [-0.2, 0) is 10.8 Å². The van der Waals surface area contributed by atoms with Crippen molar-refractivity contribution in [2.24, 2.45) is 0 Å². The van der Waals surface area contributed by atoms with E-state index in [2.05, 4.69) is 110 Å². The molecule has 0 aliphatic heterocycles. The van der Waals surface area contributed by atoms with Gasteiger partial charge in [-0.05, 0) is 78.2 Å². The fourth-order valence-electron chi connectivity index (χ4n) is 8.19. The second-order valence-corrected chi connectivity index (χ2v) is 10.1. The van der Waals surface area contributed by atoms with Crippen molar-refractivity contribution >= 4 is 32.3 Å². The van der Waals surface area contributed by atoms with Gasteiger partial charge in [-0.25, -0.2) is 0 Å². The first-order valence-corrected chi connectivity index (χ1v) is 11.9. The quantitative estimate of drug-likeness (QED) is 0.237. The zero-order valence-corrected chi connectivity index (χ0v) is 18.3. The Morgan fingerprint density at radius 2 is 0.788 bits per heavy atom. The van der Waals surface area contributed by atoms with Gasteiger partial charge >= 0.3 is 0 Å². The lowest BCUT2D eigenvalue weighted by atomic mass is 9.59. The molecule has 0 aromatic heterocycles. The lowest BCUT2D eigenvalue weighted by molar-refractivity contribution is 0.492. The molecular formula is C33H20. The maximum Gasteiger partial charge on any atom is 0.0648 e. The molecule has 0 saturated carbocycles. The van der Waals surface area contributed by atoms with Crippen molar-refractivity contribution in [3.63, 3.8) is 0 Å². The van der Waals surface area contributed by atoms with Crippen molar-refractivity contribution in [3.05, 3.63) is 142 Å². The highest BCUT2D eigenvalue weighted by Crippen LogP contribution is 2.75. The van der Waals surface area contributed by atoms with E-state index in [1.165, 1.54) is 71.3 Å². The maximum absolute atomic E-state index is 2.44. The summed E-state index contributed by atoms with van der Waals surface area (Å²) in [5, 5.41) is 8.48. The van der Waals surface area contributed by atoms with Crippen LogP contribution in [0.2, 0.25) is 0 Å². The molecule has 0 unspecified atom stereocenters. The molecule has 3 aliphatic carbocycles. The second-order valence-electron chi connectivity index (χ2n) is 10.1. The van der Waals surface area contributed by atoms with E-state index >= 15 is 0 Å². The highest BCUT2D eigenvalue weighted by atomic mass is 14.7. The van der Waals surface area contributed by atoms with Crippen molar-refractivity contribution in [2.45, 2.75) is 17.8 Å². The Labute approximate surface area is 192 Å². The number of aryl methyl sites for hydroxylation is 1. The minimum absolute atomic E-state index is 0.227. The molecule has 0 N–H and O–H groups in total. The molecular weight excluding hydrogens is 396 g/mol. The SMILES string of the molecule is Cc1ccc2c3c(cccc13)C13c4cccc5cccc(c45)C21c1cccc2cccc3c12. The van der Waals surface area contributed by atoms with Crippen LogP contribution in [0.3, 0.4) is 0 Å². The number of benzene rings is 6. The molecule has 0 fully saturated rings. The monoisotopic (exact) mass is 416 g/mol. The molecule has 0 bridgehead atoms. The van der Waals surface area contributed by atoms with E-state index in [1.54, 1.807) is 0 Å². The molecule has 6 aromatic rings.